The summed E-state index contributed by atoms with van der Waals surface area (Å²) in [7, 11) is 0. The fourth-order valence-electron chi connectivity index (χ4n) is 3.45. The minimum Gasteiger partial charge on any atom is -0.508 e. The molecule has 6 nitrogen and oxygen atoms in total. The van der Waals surface area contributed by atoms with Crippen molar-refractivity contribution in [3.8, 4) is 17.5 Å². The third kappa shape index (κ3) is 3.78. The monoisotopic (exact) mass is 417 g/mol. The van der Waals surface area contributed by atoms with Crippen LogP contribution in [0.1, 0.15) is 18.4 Å². The van der Waals surface area contributed by atoms with Crippen LogP contribution in [0.3, 0.4) is 0 Å². The van der Waals surface area contributed by atoms with Crippen molar-refractivity contribution in [2.24, 2.45) is 0 Å². The maximum atomic E-state index is 13.3. The van der Waals surface area contributed by atoms with Crippen molar-refractivity contribution < 1.29 is 9.90 Å². The number of thiazole rings is 1. The number of hydrogen-bond donors (Lipinski definition) is 1. The average molecular weight is 417 g/mol. The number of nitriles is 1. The summed E-state index contributed by atoms with van der Waals surface area (Å²) >= 11 is 1.13. The molecule has 1 N–H and O–H groups in total. The molecule has 7 heteroatoms. The third-order valence-corrected chi connectivity index (χ3v) is 6.05. The summed E-state index contributed by atoms with van der Waals surface area (Å²) in [4.78, 5) is 27.9. The van der Waals surface area contributed by atoms with Gasteiger partial charge in [0.15, 0.2) is 5.57 Å². The molecular weight excluding hydrogens is 398 g/mol. The molecule has 0 saturated carbocycles. The van der Waals surface area contributed by atoms with Gasteiger partial charge in [0, 0.05) is 13.1 Å². The summed E-state index contributed by atoms with van der Waals surface area (Å²) in [6.07, 6.45) is 3.53. The number of aromatic nitrogens is 1. The predicted molar refractivity (Wildman–Crippen MR) is 116 cm³/mol. The standard InChI is InChI=1S/C23H19N3O3S/c24-15-19(21(28)25-12-4-5-13-25)23-26(17-6-2-1-3-7-17)22(29)20(30-23)14-16-8-10-18(27)11-9-16/h1-3,6-11,14,27H,4-5,12-13H2/b20-14-,23-19-. The van der Waals surface area contributed by atoms with E-state index in [0.29, 0.717) is 28.0 Å². The van der Waals surface area contributed by atoms with E-state index in [1.165, 1.54) is 4.57 Å². The van der Waals surface area contributed by atoms with Crippen molar-refractivity contribution in [3.63, 3.8) is 0 Å². The Hall–Kier alpha value is -3.63. The number of carbonyl (C=O) groups is 1. The van der Waals surface area contributed by atoms with Crippen LogP contribution in [-0.4, -0.2) is 33.6 Å². The second-order valence-corrected chi connectivity index (χ2v) is 8.00. The molecule has 1 aliphatic heterocycles. The predicted octanol–water partition coefficient (Wildman–Crippen LogP) is 1.73. The van der Waals surface area contributed by atoms with E-state index in [1.54, 1.807) is 59.5 Å². The van der Waals surface area contributed by atoms with Crippen molar-refractivity contribution in [3.05, 3.63) is 79.7 Å². The van der Waals surface area contributed by atoms with Gasteiger partial charge in [0.1, 0.15) is 16.5 Å². The van der Waals surface area contributed by atoms with Crippen molar-refractivity contribution >= 4 is 28.9 Å². The number of benzene rings is 2. The van der Waals surface area contributed by atoms with Crippen LogP contribution < -0.4 is 14.8 Å². The summed E-state index contributed by atoms with van der Waals surface area (Å²) < 4.78 is 2.17. The van der Waals surface area contributed by atoms with Gasteiger partial charge >= 0.3 is 0 Å². The highest BCUT2D eigenvalue weighted by Gasteiger charge is 2.24. The first-order chi connectivity index (χ1) is 14.6. The Balaban J connectivity index is 1.99. The molecule has 0 radical (unpaired) electrons. The molecule has 0 unspecified atom stereocenters. The van der Waals surface area contributed by atoms with Crippen LogP contribution in [-0.2, 0) is 4.79 Å². The lowest BCUT2D eigenvalue weighted by atomic mass is 10.2. The van der Waals surface area contributed by atoms with Gasteiger partial charge in [-0.3, -0.25) is 14.2 Å². The lowest BCUT2D eigenvalue weighted by Crippen LogP contribution is -2.35. The molecule has 0 spiro atoms. The minimum atomic E-state index is -0.336. The molecule has 4 rings (SSSR count). The maximum Gasteiger partial charge on any atom is 0.273 e. The highest BCUT2D eigenvalue weighted by atomic mass is 32.1. The van der Waals surface area contributed by atoms with Crippen LogP contribution in [0.25, 0.3) is 17.3 Å². The number of hydrogen-bond acceptors (Lipinski definition) is 5. The highest BCUT2D eigenvalue weighted by molar-refractivity contribution is 7.07. The number of likely N-dealkylation sites (tertiary alicyclic amines) is 1. The number of aromatic hydroxyl groups is 1. The molecule has 1 saturated heterocycles. The highest BCUT2D eigenvalue weighted by Crippen LogP contribution is 2.13. The molecule has 2 aromatic carbocycles. The van der Waals surface area contributed by atoms with Gasteiger partial charge in [0.05, 0.1) is 10.2 Å². The quantitative estimate of drug-likeness (QED) is 0.703. The van der Waals surface area contributed by atoms with E-state index in [1.807, 2.05) is 12.1 Å². The summed E-state index contributed by atoms with van der Waals surface area (Å²) in [5, 5.41) is 19.3. The average Bonchev–Trinajstić information content (AvgIpc) is 3.40. The van der Waals surface area contributed by atoms with Crippen molar-refractivity contribution in [1.82, 2.24) is 9.47 Å². The number of phenolic OH excluding ortho intramolecular Hbond substituents is 1. The number of carbonyl (C=O) groups excluding carboxylic acids is 1. The van der Waals surface area contributed by atoms with Crippen LogP contribution in [0, 0.1) is 11.3 Å². The van der Waals surface area contributed by atoms with Gasteiger partial charge in [-0.15, -0.1) is 11.3 Å². The van der Waals surface area contributed by atoms with Gasteiger partial charge in [0.2, 0.25) is 0 Å². The van der Waals surface area contributed by atoms with E-state index in [2.05, 4.69) is 0 Å². The Morgan fingerprint density at radius 2 is 1.73 bits per heavy atom. The third-order valence-electron chi connectivity index (χ3n) is 4.96. The largest absolute Gasteiger partial charge is 0.508 e. The van der Waals surface area contributed by atoms with E-state index in [4.69, 9.17) is 0 Å². The zero-order chi connectivity index (χ0) is 21.1. The van der Waals surface area contributed by atoms with E-state index in [9.17, 15) is 20.0 Å². The van der Waals surface area contributed by atoms with Gasteiger partial charge in [-0.2, -0.15) is 5.26 Å². The van der Waals surface area contributed by atoms with E-state index >= 15 is 0 Å². The molecular formula is C23H19N3O3S. The van der Waals surface area contributed by atoms with Crippen LogP contribution >= 0.6 is 11.3 Å². The molecule has 150 valence electrons. The molecule has 30 heavy (non-hydrogen) atoms. The van der Waals surface area contributed by atoms with Crippen LogP contribution in [0.2, 0.25) is 0 Å². The normalized spacial score (nSPS) is 15.2. The van der Waals surface area contributed by atoms with E-state index < -0.39 is 0 Å². The van der Waals surface area contributed by atoms with Crippen molar-refractivity contribution in [1.29, 1.82) is 5.26 Å². The first-order valence-corrected chi connectivity index (χ1v) is 10.4. The van der Waals surface area contributed by atoms with Crippen LogP contribution in [0.5, 0.6) is 5.75 Å². The number of nitrogens with zero attached hydrogens (tertiary/aromatic N) is 3. The van der Waals surface area contributed by atoms with Crippen LogP contribution in [0.4, 0.5) is 0 Å². The Morgan fingerprint density at radius 3 is 2.37 bits per heavy atom. The first-order valence-electron chi connectivity index (χ1n) is 9.60. The maximum absolute atomic E-state index is 13.3. The number of para-hydroxylation sites is 1. The minimum absolute atomic E-state index is 0.0202. The Bertz CT molecular complexity index is 1290. The molecule has 0 bridgehead atoms. The molecule has 1 aromatic heterocycles. The summed E-state index contributed by atoms with van der Waals surface area (Å²) in [5.74, 6) is -0.200. The molecule has 3 aromatic rings. The molecule has 0 atom stereocenters. The first kappa shape index (κ1) is 19.7. The lowest BCUT2D eigenvalue weighted by Gasteiger charge is -2.14. The summed E-state index contributed by atoms with van der Waals surface area (Å²) in [6, 6.07) is 17.5. The number of phenols is 1. The van der Waals surface area contributed by atoms with Crippen LogP contribution in [0.15, 0.2) is 59.4 Å². The second-order valence-electron chi connectivity index (χ2n) is 6.97. The van der Waals surface area contributed by atoms with Gasteiger partial charge in [-0.1, -0.05) is 30.3 Å². The molecule has 0 aliphatic carbocycles. The van der Waals surface area contributed by atoms with Crippen molar-refractivity contribution in [2.45, 2.75) is 12.8 Å². The lowest BCUT2D eigenvalue weighted by molar-refractivity contribution is -0.123. The Kier molecular flexibility index (Phi) is 5.50. The zero-order valence-electron chi connectivity index (χ0n) is 16.1. The van der Waals surface area contributed by atoms with Gasteiger partial charge in [-0.05, 0) is 48.7 Å². The van der Waals surface area contributed by atoms with E-state index in [0.717, 1.165) is 29.7 Å². The molecule has 2 heterocycles. The number of rotatable bonds is 3. The summed E-state index contributed by atoms with van der Waals surface area (Å²) in [6.45, 7) is 1.24. The van der Waals surface area contributed by atoms with Gasteiger partial charge in [-0.25, -0.2) is 0 Å². The van der Waals surface area contributed by atoms with Crippen molar-refractivity contribution in [2.75, 3.05) is 13.1 Å². The van der Waals surface area contributed by atoms with Gasteiger partial charge < -0.3 is 10.0 Å². The summed E-state index contributed by atoms with van der Waals surface area (Å²) in [5.41, 5.74) is 1.02. The molecule has 1 fully saturated rings. The zero-order valence-corrected chi connectivity index (χ0v) is 16.9. The SMILES string of the molecule is N#C/C(C(=O)N1CCCC1)=c1/s/c(=C\c2ccc(O)cc2)c(=O)n1-c1ccccc1. The topological polar surface area (TPSA) is 86.3 Å². The number of amides is 1. The fourth-order valence-corrected chi connectivity index (χ4v) is 4.55. The van der Waals surface area contributed by atoms with Gasteiger partial charge in [0.25, 0.3) is 11.5 Å². The fraction of sp³-hybridized carbons (Fsp3) is 0.174. The smallest absolute Gasteiger partial charge is 0.273 e. The molecule has 1 aliphatic rings. The Morgan fingerprint density at radius 1 is 1.07 bits per heavy atom. The Labute approximate surface area is 176 Å². The second kappa shape index (κ2) is 8.39. The van der Waals surface area contributed by atoms with E-state index in [-0.39, 0.29) is 22.8 Å². The molecule has 1 amide bonds.